The van der Waals surface area contributed by atoms with E-state index in [0.717, 1.165) is 6.20 Å². The molecule has 23 heavy (non-hydrogen) atoms. The van der Waals surface area contributed by atoms with Crippen molar-refractivity contribution < 1.29 is 21.4 Å². The summed E-state index contributed by atoms with van der Waals surface area (Å²) in [5.74, 6) is 0.830. The van der Waals surface area contributed by atoms with Crippen LogP contribution in [-0.4, -0.2) is 31.4 Å². The van der Waals surface area contributed by atoms with Crippen molar-refractivity contribution in [2.75, 3.05) is 11.5 Å². The predicted octanol–water partition coefficient (Wildman–Crippen LogP) is 1.28. The molecule has 0 radical (unpaired) electrons. The molecule has 128 valence electrons. The van der Waals surface area contributed by atoms with Crippen LogP contribution in [0.25, 0.3) is 0 Å². The summed E-state index contributed by atoms with van der Waals surface area (Å²) >= 11 is 0. The van der Waals surface area contributed by atoms with Gasteiger partial charge in [0.05, 0.1) is 0 Å². The summed E-state index contributed by atoms with van der Waals surface area (Å²) in [6.45, 7) is 0. The maximum Gasteiger partial charge on any atom is 0.353 e. The molecule has 5 N–H and O–H groups in total. The Morgan fingerprint density at radius 2 is 1.43 bits per heavy atom. The minimum Gasteiger partial charge on any atom is -0.384 e. The number of pyridine rings is 2. The van der Waals surface area contributed by atoms with Crippen molar-refractivity contribution in [3.63, 3.8) is 0 Å². The van der Waals surface area contributed by atoms with E-state index in [1.165, 1.54) is 12.1 Å². The lowest BCUT2D eigenvalue weighted by Crippen LogP contribution is -1.94. The number of anilines is 2. The van der Waals surface area contributed by atoms with Gasteiger partial charge in [0.25, 0.3) is 9.05 Å². The average molecular weight is 403 g/mol. The molecule has 0 atom stereocenters. The van der Waals surface area contributed by atoms with Gasteiger partial charge in [-0.25, -0.2) is 18.4 Å². The van der Waals surface area contributed by atoms with Gasteiger partial charge in [-0.1, -0.05) is 6.07 Å². The van der Waals surface area contributed by atoms with Crippen molar-refractivity contribution in [1.82, 2.24) is 9.97 Å². The number of halogens is 2. The quantitative estimate of drug-likeness (QED) is 0.469. The first-order chi connectivity index (χ1) is 10.4. The van der Waals surface area contributed by atoms with Crippen LogP contribution < -0.4 is 11.5 Å². The van der Waals surface area contributed by atoms with Crippen LogP contribution in [0.3, 0.4) is 0 Å². The number of aromatic nitrogens is 2. The molecule has 13 heteroatoms. The van der Waals surface area contributed by atoms with E-state index in [-0.39, 0.29) is 10.7 Å². The van der Waals surface area contributed by atoms with Gasteiger partial charge in [-0.2, -0.15) is 8.42 Å². The molecule has 0 aliphatic carbocycles. The van der Waals surface area contributed by atoms with Gasteiger partial charge in [0, 0.05) is 33.8 Å². The standard InChI is InChI=1S/C5H5ClN2O2S.C5H6N2.ClHO3S/c6-11(9,10)4-1-2-5(7)8-3-4;6-5-3-1-2-4-7-5;1-5(2,3)4/h1-3H,(H2,7,8);1-4H,(H2,6,7);(H,2,3,4). The van der Waals surface area contributed by atoms with Crippen LogP contribution in [0.4, 0.5) is 11.6 Å². The number of hydrogen-bond acceptors (Lipinski definition) is 8. The Kier molecular flexibility index (Phi) is 8.79. The lowest BCUT2D eigenvalue weighted by atomic mass is 10.5. The first-order valence-electron chi connectivity index (χ1n) is 5.39. The van der Waals surface area contributed by atoms with Gasteiger partial charge in [0.15, 0.2) is 0 Å². The van der Waals surface area contributed by atoms with Crippen LogP contribution in [0.5, 0.6) is 0 Å². The molecule has 0 aliphatic rings. The van der Waals surface area contributed by atoms with Gasteiger partial charge in [-0.15, -0.1) is 0 Å². The summed E-state index contributed by atoms with van der Waals surface area (Å²) in [7, 11) is 1.20. The highest BCUT2D eigenvalue weighted by Crippen LogP contribution is 2.13. The average Bonchev–Trinajstić information content (AvgIpc) is 2.38. The van der Waals surface area contributed by atoms with Gasteiger partial charge >= 0.3 is 9.33 Å². The Morgan fingerprint density at radius 3 is 1.70 bits per heavy atom. The van der Waals surface area contributed by atoms with Crippen LogP contribution in [0.15, 0.2) is 47.6 Å². The van der Waals surface area contributed by atoms with Gasteiger partial charge in [0.1, 0.15) is 16.5 Å². The Hall–Kier alpha value is -1.66. The first-order valence-corrected chi connectivity index (χ1v) is 9.97. The van der Waals surface area contributed by atoms with Crippen molar-refractivity contribution >= 4 is 51.4 Å². The van der Waals surface area contributed by atoms with Gasteiger partial charge < -0.3 is 11.5 Å². The SMILES string of the molecule is Nc1ccc(S(=O)(=O)Cl)cn1.Nc1ccccn1.O=S(=O)(O)Cl. The molecular formula is C10H12Cl2N4O5S2. The minimum absolute atomic E-state index is 0.0478. The smallest absolute Gasteiger partial charge is 0.353 e. The molecule has 2 rings (SSSR count). The second kappa shape index (κ2) is 9.47. The van der Waals surface area contributed by atoms with E-state index in [1.54, 1.807) is 12.3 Å². The van der Waals surface area contributed by atoms with Crippen molar-refractivity contribution in [2.24, 2.45) is 0 Å². The van der Waals surface area contributed by atoms with Gasteiger partial charge in [-0.3, -0.25) is 4.55 Å². The van der Waals surface area contributed by atoms with Crippen LogP contribution in [-0.2, 0) is 18.4 Å². The summed E-state index contributed by atoms with van der Waals surface area (Å²) < 4.78 is 46.4. The number of nitrogen functional groups attached to an aromatic ring is 2. The summed E-state index contributed by atoms with van der Waals surface area (Å²) in [6, 6.07) is 8.10. The first kappa shape index (κ1) is 21.3. The fourth-order valence-corrected chi connectivity index (χ4v) is 1.59. The van der Waals surface area contributed by atoms with Gasteiger partial charge in [-0.05, 0) is 24.3 Å². The third-order valence-corrected chi connectivity index (χ3v) is 3.07. The summed E-state index contributed by atoms with van der Waals surface area (Å²) in [4.78, 5) is 7.27. The Balaban J connectivity index is 0.000000347. The second-order valence-corrected chi connectivity index (χ2v) is 8.08. The van der Waals surface area contributed by atoms with E-state index in [2.05, 4.69) is 20.7 Å². The fraction of sp³-hybridized carbons (Fsp3) is 0. The third-order valence-electron chi connectivity index (χ3n) is 1.73. The highest BCUT2D eigenvalue weighted by molar-refractivity contribution is 8.13. The molecule has 0 unspecified atom stereocenters. The topological polar surface area (TPSA) is 166 Å². The molecule has 2 aromatic heterocycles. The van der Waals surface area contributed by atoms with Crippen molar-refractivity contribution in [2.45, 2.75) is 4.90 Å². The molecule has 0 bridgehead atoms. The Morgan fingerprint density at radius 1 is 0.913 bits per heavy atom. The van der Waals surface area contributed by atoms with E-state index < -0.39 is 18.4 Å². The fourth-order valence-electron chi connectivity index (χ4n) is 0.912. The third kappa shape index (κ3) is 13.7. The van der Waals surface area contributed by atoms with E-state index >= 15 is 0 Å². The van der Waals surface area contributed by atoms with Crippen LogP contribution in [0.1, 0.15) is 0 Å². The Bertz CT molecular complexity index is 791. The molecule has 0 saturated heterocycles. The number of hydrogen-bond donors (Lipinski definition) is 3. The van der Waals surface area contributed by atoms with Crippen molar-refractivity contribution in [1.29, 1.82) is 0 Å². The van der Waals surface area contributed by atoms with Crippen molar-refractivity contribution in [3.8, 4) is 0 Å². The molecule has 2 aromatic rings. The molecule has 9 nitrogen and oxygen atoms in total. The molecule has 0 aromatic carbocycles. The molecule has 0 amide bonds. The zero-order valence-electron chi connectivity index (χ0n) is 11.2. The van der Waals surface area contributed by atoms with E-state index in [4.69, 9.17) is 35.1 Å². The lowest BCUT2D eigenvalue weighted by Gasteiger charge is -1.94. The van der Waals surface area contributed by atoms with E-state index in [9.17, 15) is 8.42 Å². The highest BCUT2D eigenvalue weighted by Gasteiger charge is 2.08. The largest absolute Gasteiger partial charge is 0.384 e. The van der Waals surface area contributed by atoms with Crippen LogP contribution in [0.2, 0.25) is 0 Å². The lowest BCUT2D eigenvalue weighted by molar-refractivity contribution is 0.501. The van der Waals surface area contributed by atoms with Crippen molar-refractivity contribution in [3.05, 3.63) is 42.7 Å². The van der Waals surface area contributed by atoms with Gasteiger partial charge in [0.2, 0.25) is 0 Å². The van der Waals surface area contributed by atoms with Crippen LogP contribution in [0, 0.1) is 0 Å². The summed E-state index contributed by atoms with van der Waals surface area (Å²) in [5, 5.41) is 0. The second-order valence-electron chi connectivity index (χ2n) is 3.52. The predicted molar refractivity (Wildman–Crippen MR) is 87.7 cm³/mol. The molecule has 0 saturated carbocycles. The molecule has 0 aliphatic heterocycles. The molecule has 0 spiro atoms. The molecule has 2 heterocycles. The zero-order valence-corrected chi connectivity index (χ0v) is 14.4. The number of nitrogens with zero attached hydrogens (tertiary/aromatic N) is 2. The number of nitrogens with two attached hydrogens (primary N) is 2. The summed E-state index contributed by atoms with van der Waals surface area (Å²) in [6.07, 6.45) is 2.77. The normalized spacial score (nSPS) is 10.6. The van der Waals surface area contributed by atoms with Crippen LogP contribution >= 0.6 is 21.4 Å². The monoisotopic (exact) mass is 402 g/mol. The Labute approximate surface area is 141 Å². The summed E-state index contributed by atoms with van der Waals surface area (Å²) in [5.41, 5.74) is 10.5. The zero-order chi connectivity index (χ0) is 18.1. The molecule has 0 fully saturated rings. The minimum atomic E-state index is -4.19. The van der Waals surface area contributed by atoms with E-state index in [1.807, 2.05) is 12.1 Å². The highest BCUT2D eigenvalue weighted by atomic mass is 35.7. The number of rotatable bonds is 1. The molecular weight excluding hydrogens is 391 g/mol. The maximum absolute atomic E-state index is 10.6. The van der Waals surface area contributed by atoms with E-state index in [0.29, 0.717) is 5.82 Å². The maximum atomic E-state index is 10.6.